The maximum Gasteiger partial charge on any atom is 0.261 e. The summed E-state index contributed by atoms with van der Waals surface area (Å²) >= 11 is 0. The van der Waals surface area contributed by atoms with Gasteiger partial charge in [-0.1, -0.05) is 17.3 Å². The molecule has 2 aromatic heterocycles. The van der Waals surface area contributed by atoms with Crippen molar-refractivity contribution in [2.45, 2.75) is 32.0 Å². The van der Waals surface area contributed by atoms with E-state index in [1.807, 2.05) is 31.3 Å². The molecule has 142 valence electrons. The molecule has 0 aliphatic carbocycles. The van der Waals surface area contributed by atoms with E-state index in [-0.39, 0.29) is 11.6 Å². The first-order valence-corrected chi connectivity index (χ1v) is 9.25. The maximum absolute atomic E-state index is 13.1. The van der Waals surface area contributed by atoms with Gasteiger partial charge in [0.05, 0.1) is 42.0 Å². The lowest BCUT2D eigenvalue weighted by Gasteiger charge is -2.26. The van der Waals surface area contributed by atoms with Crippen LogP contribution >= 0.6 is 0 Å². The molecule has 8 nitrogen and oxygen atoms in total. The molecule has 3 heterocycles. The second-order valence-electron chi connectivity index (χ2n) is 6.91. The van der Waals surface area contributed by atoms with Crippen LogP contribution in [0.5, 0.6) is 0 Å². The summed E-state index contributed by atoms with van der Waals surface area (Å²) in [6.07, 6.45) is 3.84. The molecule has 1 unspecified atom stereocenters. The fourth-order valence-electron chi connectivity index (χ4n) is 3.81. The van der Waals surface area contributed by atoms with E-state index in [1.54, 1.807) is 22.6 Å². The average Bonchev–Trinajstić information content (AvgIpc) is 3.30. The van der Waals surface area contributed by atoms with Gasteiger partial charge in [-0.2, -0.15) is 0 Å². The zero-order valence-corrected chi connectivity index (χ0v) is 15.7. The van der Waals surface area contributed by atoms with Crippen molar-refractivity contribution in [1.29, 1.82) is 0 Å². The maximum atomic E-state index is 13.1. The lowest BCUT2D eigenvalue weighted by molar-refractivity contribution is 0.178. The topological polar surface area (TPSA) is 78.1 Å². The van der Waals surface area contributed by atoms with Gasteiger partial charge in [-0.25, -0.2) is 4.98 Å². The Morgan fingerprint density at radius 1 is 1.30 bits per heavy atom. The van der Waals surface area contributed by atoms with E-state index in [9.17, 15) is 4.79 Å². The third-order valence-corrected chi connectivity index (χ3v) is 5.25. The quantitative estimate of drug-likeness (QED) is 0.656. The van der Waals surface area contributed by atoms with Crippen LogP contribution in [0.15, 0.2) is 35.3 Å². The van der Waals surface area contributed by atoms with E-state index in [1.165, 1.54) is 0 Å². The molecule has 0 radical (unpaired) electrons. The van der Waals surface area contributed by atoms with Crippen LogP contribution in [0, 0.1) is 0 Å². The number of methoxy groups -OCH3 is 1. The van der Waals surface area contributed by atoms with Crippen LogP contribution in [0.4, 0.5) is 0 Å². The first-order chi connectivity index (χ1) is 13.2. The van der Waals surface area contributed by atoms with Crippen LogP contribution < -0.4 is 5.56 Å². The molecule has 1 saturated heterocycles. The number of para-hydroxylation sites is 1. The molecule has 3 aromatic rings. The minimum atomic E-state index is 0.00157. The van der Waals surface area contributed by atoms with Crippen molar-refractivity contribution in [2.75, 3.05) is 20.3 Å². The molecule has 1 aromatic carbocycles. The Hall–Kier alpha value is -2.58. The molecule has 1 aliphatic rings. The molecular formula is C19H24N6O2. The first-order valence-electron chi connectivity index (χ1n) is 9.25. The van der Waals surface area contributed by atoms with Gasteiger partial charge in [-0.05, 0) is 31.5 Å². The zero-order chi connectivity index (χ0) is 18.8. The van der Waals surface area contributed by atoms with Crippen LogP contribution in [-0.4, -0.2) is 49.7 Å². The molecular weight excluding hydrogens is 344 g/mol. The monoisotopic (exact) mass is 368 g/mol. The Kier molecular flexibility index (Phi) is 5.00. The normalized spacial score (nSPS) is 17.8. The van der Waals surface area contributed by atoms with E-state index in [0.717, 1.165) is 43.0 Å². The second kappa shape index (κ2) is 7.58. The van der Waals surface area contributed by atoms with Crippen LogP contribution in [0.3, 0.4) is 0 Å². The molecule has 0 amide bonds. The SMILES string of the molecule is COCCn1c(C2CCCN2Cc2cnnn2C)nc2ccccc2c1=O. The third-order valence-electron chi connectivity index (χ3n) is 5.25. The zero-order valence-electron chi connectivity index (χ0n) is 15.7. The summed E-state index contributed by atoms with van der Waals surface area (Å²) in [5.74, 6) is 0.823. The van der Waals surface area contributed by atoms with E-state index in [0.29, 0.717) is 18.5 Å². The number of nitrogens with zero attached hydrogens (tertiary/aromatic N) is 6. The van der Waals surface area contributed by atoms with Crippen molar-refractivity contribution in [3.8, 4) is 0 Å². The number of hydrogen-bond acceptors (Lipinski definition) is 6. The van der Waals surface area contributed by atoms with Gasteiger partial charge in [0.2, 0.25) is 0 Å². The molecule has 0 saturated carbocycles. The average molecular weight is 368 g/mol. The van der Waals surface area contributed by atoms with Gasteiger partial charge in [0.1, 0.15) is 5.82 Å². The van der Waals surface area contributed by atoms with Crippen molar-refractivity contribution < 1.29 is 4.74 Å². The van der Waals surface area contributed by atoms with Crippen LogP contribution in [0.1, 0.15) is 30.4 Å². The number of rotatable bonds is 6. The van der Waals surface area contributed by atoms with E-state index in [4.69, 9.17) is 9.72 Å². The van der Waals surface area contributed by atoms with Crippen LogP contribution in [-0.2, 0) is 24.9 Å². The Morgan fingerprint density at radius 3 is 2.93 bits per heavy atom. The highest BCUT2D eigenvalue weighted by molar-refractivity contribution is 5.77. The number of ether oxygens (including phenoxy) is 1. The lowest BCUT2D eigenvalue weighted by Crippen LogP contribution is -2.33. The van der Waals surface area contributed by atoms with E-state index < -0.39 is 0 Å². The fourth-order valence-corrected chi connectivity index (χ4v) is 3.81. The molecule has 0 spiro atoms. The molecule has 4 rings (SSSR count). The molecule has 27 heavy (non-hydrogen) atoms. The number of fused-ring (bicyclic) bond motifs is 1. The van der Waals surface area contributed by atoms with Gasteiger partial charge in [-0.15, -0.1) is 5.10 Å². The highest BCUT2D eigenvalue weighted by Crippen LogP contribution is 2.32. The summed E-state index contributed by atoms with van der Waals surface area (Å²) < 4.78 is 8.82. The predicted octanol–water partition coefficient (Wildman–Crippen LogP) is 1.51. The van der Waals surface area contributed by atoms with E-state index >= 15 is 0 Å². The molecule has 1 fully saturated rings. The van der Waals surface area contributed by atoms with Gasteiger partial charge in [0.15, 0.2) is 0 Å². The van der Waals surface area contributed by atoms with Gasteiger partial charge in [0, 0.05) is 20.7 Å². The highest BCUT2D eigenvalue weighted by atomic mass is 16.5. The largest absolute Gasteiger partial charge is 0.383 e. The Morgan fingerprint density at radius 2 is 2.15 bits per heavy atom. The van der Waals surface area contributed by atoms with Crippen molar-refractivity contribution in [3.63, 3.8) is 0 Å². The molecule has 0 bridgehead atoms. The Balaban J connectivity index is 1.76. The third kappa shape index (κ3) is 3.38. The lowest BCUT2D eigenvalue weighted by atomic mass is 10.1. The number of hydrogen-bond donors (Lipinski definition) is 0. The smallest absolute Gasteiger partial charge is 0.261 e. The summed E-state index contributed by atoms with van der Waals surface area (Å²) in [7, 11) is 3.55. The Bertz CT molecular complexity index is 995. The van der Waals surface area contributed by atoms with Gasteiger partial charge in [-0.3, -0.25) is 18.9 Å². The number of benzene rings is 1. The summed E-state index contributed by atoms with van der Waals surface area (Å²) in [6.45, 7) is 2.68. The molecule has 8 heteroatoms. The summed E-state index contributed by atoms with van der Waals surface area (Å²) in [5.41, 5.74) is 1.80. The summed E-state index contributed by atoms with van der Waals surface area (Å²) in [4.78, 5) is 20.4. The summed E-state index contributed by atoms with van der Waals surface area (Å²) in [5, 5.41) is 8.65. The highest BCUT2D eigenvalue weighted by Gasteiger charge is 2.31. The minimum Gasteiger partial charge on any atom is -0.383 e. The molecule has 0 N–H and O–H groups in total. The minimum absolute atomic E-state index is 0.00157. The van der Waals surface area contributed by atoms with Gasteiger partial charge >= 0.3 is 0 Å². The predicted molar refractivity (Wildman–Crippen MR) is 101 cm³/mol. The van der Waals surface area contributed by atoms with Crippen molar-refractivity contribution in [2.24, 2.45) is 7.05 Å². The standard InChI is InChI=1S/C19H24N6O2/c1-23-14(12-20-22-23)13-24-9-5-8-17(24)18-21-16-7-4-3-6-15(16)19(26)25(18)10-11-27-2/h3-4,6-7,12,17H,5,8-11,13H2,1-2H3. The number of likely N-dealkylation sites (tertiary alicyclic amines) is 1. The van der Waals surface area contributed by atoms with Crippen molar-refractivity contribution >= 4 is 10.9 Å². The van der Waals surface area contributed by atoms with Crippen LogP contribution in [0.25, 0.3) is 10.9 Å². The van der Waals surface area contributed by atoms with Crippen molar-refractivity contribution in [3.05, 3.63) is 52.3 Å². The summed E-state index contributed by atoms with van der Waals surface area (Å²) in [6, 6.07) is 7.64. The molecule has 1 aliphatic heterocycles. The number of aromatic nitrogens is 5. The fraction of sp³-hybridized carbons (Fsp3) is 0.474. The Labute approximate surface area is 157 Å². The first kappa shape index (κ1) is 17.8. The van der Waals surface area contributed by atoms with E-state index in [2.05, 4.69) is 15.2 Å². The van der Waals surface area contributed by atoms with Crippen molar-refractivity contribution in [1.82, 2.24) is 29.4 Å². The van der Waals surface area contributed by atoms with Gasteiger partial charge < -0.3 is 4.74 Å². The van der Waals surface area contributed by atoms with Crippen LogP contribution in [0.2, 0.25) is 0 Å². The van der Waals surface area contributed by atoms with Gasteiger partial charge in [0.25, 0.3) is 5.56 Å². The molecule has 1 atom stereocenters. The second-order valence-corrected chi connectivity index (χ2v) is 6.91. The number of aryl methyl sites for hydroxylation is 1.